The van der Waals surface area contributed by atoms with Crippen molar-refractivity contribution in [3.8, 4) is 28.7 Å². The van der Waals surface area contributed by atoms with Crippen LogP contribution in [-0.2, 0) is 36.9 Å². The SMILES string of the molecule is C/C=C1\C[C@H]2C=Nc3cc(OCc4cc(OCCOCCOCCN(CCOCCOCCOC)CC(C)(C)SC)cc(COc5cc6c(cc5OC)C(=O)N5C/C(=C/C)C[C@H]5C=N6)n4)c(OC)cc3C(=O)N2C1. The van der Waals surface area contributed by atoms with Crippen molar-refractivity contribution in [1.29, 1.82) is 0 Å². The number of carbonyl (C=O) groups excluding carboxylic acids is 2. The van der Waals surface area contributed by atoms with Crippen molar-refractivity contribution in [2.24, 2.45) is 9.98 Å². The van der Waals surface area contributed by atoms with Gasteiger partial charge >= 0.3 is 0 Å². The Labute approximate surface area is 440 Å². The van der Waals surface area contributed by atoms with Crippen LogP contribution in [0.15, 0.2) is 69.7 Å². The molecule has 0 N–H and O–H groups in total. The van der Waals surface area contributed by atoms with E-state index in [0.29, 0.717) is 135 Å². The number of pyridine rings is 1. The molecule has 0 aliphatic carbocycles. The van der Waals surface area contributed by atoms with Crippen LogP contribution in [0.4, 0.5) is 11.4 Å². The van der Waals surface area contributed by atoms with Gasteiger partial charge in [-0.05, 0) is 58.9 Å². The molecule has 74 heavy (non-hydrogen) atoms. The maximum atomic E-state index is 13.7. The van der Waals surface area contributed by atoms with E-state index >= 15 is 0 Å². The minimum atomic E-state index is -0.114. The molecule has 2 saturated heterocycles. The van der Waals surface area contributed by atoms with E-state index in [1.807, 2.05) is 47.8 Å². The second kappa shape index (κ2) is 27.8. The number of aliphatic imine (C=N–C) groups is 2. The average molecular weight is 1040 g/mol. The number of allylic oxidation sites excluding steroid dienone is 2. The number of ether oxygens (including phenoxy) is 10. The van der Waals surface area contributed by atoms with Gasteiger partial charge in [-0.15, -0.1) is 0 Å². The highest BCUT2D eigenvalue weighted by atomic mass is 32.2. The maximum Gasteiger partial charge on any atom is 0.257 e. The summed E-state index contributed by atoms with van der Waals surface area (Å²) in [7, 11) is 4.74. The Hall–Kier alpha value is -5.54. The van der Waals surface area contributed by atoms with Crippen LogP contribution in [-0.4, -0.2) is 187 Å². The van der Waals surface area contributed by atoms with Crippen molar-refractivity contribution in [1.82, 2.24) is 19.7 Å². The van der Waals surface area contributed by atoms with Crippen molar-refractivity contribution < 1.29 is 57.0 Å². The molecule has 4 aliphatic heterocycles. The number of hydrogen-bond donors (Lipinski definition) is 0. The van der Waals surface area contributed by atoms with Gasteiger partial charge in [0.15, 0.2) is 23.0 Å². The molecule has 0 saturated carbocycles. The predicted octanol–water partition coefficient (Wildman–Crippen LogP) is 7.55. The number of carbonyl (C=O) groups is 2. The molecule has 4 aliphatic rings. The van der Waals surface area contributed by atoms with Gasteiger partial charge in [-0.2, -0.15) is 11.8 Å². The summed E-state index contributed by atoms with van der Waals surface area (Å²) in [6, 6.07) is 10.2. The Balaban J connectivity index is 0.976. The van der Waals surface area contributed by atoms with E-state index in [9.17, 15) is 9.59 Å². The topological polar surface area (TPSA) is 174 Å². The first-order chi connectivity index (χ1) is 36.0. The number of rotatable bonds is 30. The Bertz CT molecular complexity index is 2360. The van der Waals surface area contributed by atoms with Gasteiger partial charge < -0.3 is 57.2 Å². The molecule has 0 unspecified atom stereocenters. The molecule has 402 valence electrons. The van der Waals surface area contributed by atoms with Crippen LogP contribution < -0.4 is 23.7 Å². The van der Waals surface area contributed by atoms with Crippen LogP contribution in [0, 0.1) is 0 Å². The molecule has 2 fully saturated rings. The zero-order valence-electron chi connectivity index (χ0n) is 44.4. The predicted molar refractivity (Wildman–Crippen MR) is 286 cm³/mol. The number of aromatic nitrogens is 1. The molecule has 0 radical (unpaired) electrons. The second-order valence-electron chi connectivity index (χ2n) is 18.8. The fourth-order valence-corrected chi connectivity index (χ4v) is 9.26. The minimum absolute atomic E-state index is 0.0271. The third-order valence-electron chi connectivity index (χ3n) is 13.2. The Morgan fingerprint density at radius 2 is 1.08 bits per heavy atom. The van der Waals surface area contributed by atoms with E-state index in [1.54, 1.807) is 43.5 Å². The zero-order valence-corrected chi connectivity index (χ0v) is 45.2. The number of methoxy groups -OCH3 is 3. The molecule has 7 rings (SSSR count). The molecule has 2 amide bonds. The Morgan fingerprint density at radius 3 is 1.53 bits per heavy atom. The average Bonchev–Trinajstić information content (AvgIpc) is 3.98. The van der Waals surface area contributed by atoms with Gasteiger partial charge in [-0.3, -0.25) is 29.5 Å². The van der Waals surface area contributed by atoms with E-state index in [-0.39, 0.29) is 48.5 Å². The summed E-state index contributed by atoms with van der Waals surface area (Å²) >= 11 is 1.84. The Kier molecular flexibility index (Phi) is 21.1. The first-order valence-corrected chi connectivity index (χ1v) is 26.6. The molecular weight excluding hydrogens is 969 g/mol. The van der Waals surface area contributed by atoms with E-state index in [1.165, 1.54) is 25.4 Å². The van der Waals surface area contributed by atoms with Gasteiger partial charge in [-0.25, -0.2) is 0 Å². The molecule has 18 nitrogen and oxygen atoms in total. The summed E-state index contributed by atoms with van der Waals surface area (Å²) in [4.78, 5) is 47.9. The smallest absolute Gasteiger partial charge is 0.257 e. The molecule has 0 spiro atoms. The van der Waals surface area contributed by atoms with Gasteiger partial charge in [0.25, 0.3) is 11.8 Å². The van der Waals surface area contributed by atoms with Crippen molar-refractivity contribution in [2.45, 2.75) is 70.6 Å². The molecule has 5 heterocycles. The number of fused-ring (bicyclic) bond motifs is 4. The van der Waals surface area contributed by atoms with Gasteiger partial charge in [-0.1, -0.05) is 23.3 Å². The van der Waals surface area contributed by atoms with Gasteiger partial charge in [0, 0.05) is 81.3 Å². The lowest BCUT2D eigenvalue weighted by molar-refractivity contribution is 0.0115. The summed E-state index contributed by atoms with van der Waals surface area (Å²) in [5.74, 6) is 1.92. The first kappa shape index (κ1) is 56.2. The quantitative estimate of drug-likeness (QED) is 0.0473. The van der Waals surface area contributed by atoms with Crippen LogP contribution in [0.2, 0.25) is 0 Å². The summed E-state index contributed by atoms with van der Waals surface area (Å²) in [6.07, 6.45) is 11.4. The van der Waals surface area contributed by atoms with E-state index in [0.717, 1.165) is 32.5 Å². The molecular formula is C55H74N6O12S. The van der Waals surface area contributed by atoms with E-state index in [4.69, 9.17) is 62.3 Å². The molecule has 2 aromatic carbocycles. The monoisotopic (exact) mass is 1040 g/mol. The van der Waals surface area contributed by atoms with Crippen LogP contribution in [0.1, 0.15) is 72.6 Å². The highest BCUT2D eigenvalue weighted by Crippen LogP contribution is 2.41. The van der Waals surface area contributed by atoms with Gasteiger partial charge in [0.1, 0.15) is 25.6 Å². The van der Waals surface area contributed by atoms with Crippen LogP contribution in [0.25, 0.3) is 0 Å². The number of hydrogen-bond acceptors (Lipinski definition) is 17. The highest BCUT2D eigenvalue weighted by Gasteiger charge is 2.36. The second-order valence-corrected chi connectivity index (χ2v) is 20.3. The van der Waals surface area contributed by atoms with Crippen LogP contribution in [0.5, 0.6) is 28.7 Å². The van der Waals surface area contributed by atoms with E-state index < -0.39 is 0 Å². The zero-order chi connectivity index (χ0) is 52.5. The third-order valence-corrected chi connectivity index (χ3v) is 14.4. The molecule has 2 atom stereocenters. The van der Waals surface area contributed by atoms with Crippen molar-refractivity contribution >= 4 is 47.4 Å². The molecule has 19 heteroatoms. The summed E-state index contributed by atoms with van der Waals surface area (Å²) in [6.45, 7) is 17.0. The van der Waals surface area contributed by atoms with Gasteiger partial charge in [0.2, 0.25) is 0 Å². The summed E-state index contributed by atoms with van der Waals surface area (Å²) < 4.78 is 58.9. The lowest BCUT2D eigenvalue weighted by Gasteiger charge is -2.31. The number of thioether (sulfide) groups is 1. The standard InChI is InChI=1S/C55H74N6O12S/c1-9-38-23-42-31-56-47-29-51(49(65-6)27-45(47)53(62)60(42)33-38)72-35-40-25-44(71-22-21-70-20-18-68-14-12-59(37-55(3,4)74-8)11-13-67-17-19-69-16-15-64-5)26-41(58-40)36-73-52-30-48-46(28-50(52)66-7)54(63)61-34-39(10-2)24-43(61)32-57-48/h9-10,25-32,42-43H,11-24,33-37H2,1-8H3/b38-9+,39-10+/t42-,43-/m0/s1. The first-order valence-electron chi connectivity index (χ1n) is 25.3. The largest absolute Gasteiger partial charge is 0.493 e. The van der Waals surface area contributed by atoms with E-state index in [2.05, 4.69) is 37.2 Å². The number of nitrogens with zero attached hydrogens (tertiary/aromatic N) is 6. The van der Waals surface area contributed by atoms with Crippen molar-refractivity contribution in [3.05, 3.63) is 82.2 Å². The highest BCUT2D eigenvalue weighted by molar-refractivity contribution is 7.99. The maximum absolute atomic E-state index is 13.7. The minimum Gasteiger partial charge on any atom is -0.493 e. The number of amides is 2. The summed E-state index contributed by atoms with van der Waals surface area (Å²) in [5, 5.41) is 0. The lowest BCUT2D eigenvalue weighted by Crippen LogP contribution is -2.40. The molecule has 3 aromatic rings. The third kappa shape index (κ3) is 15.3. The van der Waals surface area contributed by atoms with Crippen LogP contribution >= 0.6 is 11.8 Å². The van der Waals surface area contributed by atoms with Crippen LogP contribution in [0.3, 0.4) is 0 Å². The Morgan fingerprint density at radius 1 is 0.622 bits per heavy atom. The van der Waals surface area contributed by atoms with Crippen molar-refractivity contribution in [2.75, 3.05) is 126 Å². The number of benzene rings is 2. The van der Waals surface area contributed by atoms with Gasteiger partial charge in [0.05, 0.1) is 120 Å². The fourth-order valence-electron chi connectivity index (χ4n) is 8.95. The normalized spacial score (nSPS) is 18.2. The van der Waals surface area contributed by atoms with Crippen molar-refractivity contribution in [3.63, 3.8) is 0 Å². The molecule has 1 aromatic heterocycles. The summed E-state index contributed by atoms with van der Waals surface area (Å²) in [5.41, 5.74) is 5.40. The molecule has 0 bridgehead atoms. The fraction of sp³-hybridized carbons (Fsp3) is 0.545. The lowest BCUT2D eigenvalue weighted by atomic mass is 10.1.